The number of nitrogens with zero attached hydrogens (tertiary/aromatic N) is 2. The second-order valence-corrected chi connectivity index (χ2v) is 9.23. The van der Waals surface area contributed by atoms with Crippen molar-refractivity contribution in [3.05, 3.63) is 0 Å². The zero-order valence-corrected chi connectivity index (χ0v) is 16.5. The van der Waals surface area contributed by atoms with E-state index in [0.29, 0.717) is 31.5 Å². The lowest BCUT2D eigenvalue weighted by molar-refractivity contribution is -0.136. The van der Waals surface area contributed by atoms with Crippen LogP contribution in [0.1, 0.15) is 84.0 Å². The molecule has 4 amide bonds. The van der Waals surface area contributed by atoms with Gasteiger partial charge in [0.25, 0.3) is 5.91 Å². The van der Waals surface area contributed by atoms with Crippen molar-refractivity contribution in [2.45, 2.75) is 102 Å². The molecule has 0 aromatic heterocycles. The Bertz CT molecular complexity index is 602. The van der Waals surface area contributed by atoms with Gasteiger partial charge in [-0.3, -0.25) is 14.5 Å². The number of nitrogens with one attached hydrogen (secondary N) is 1. The van der Waals surface area contributed by atoms with Gasteiger partial charge in [0.05, 0.1) is 0 Å². The van der Waals surface area contributed by atoms with Crippen LogP contribution in [0.15, 0.2) is 0 Å². The first kappa shape index (κ1) is 18.8. The predicted molar refractivity (Wildman–Crippen MR) is 102 cm³/mol. The highest BCUT2D eigenvalue weighted by molar-refractivity contribution is 6.07. The van der Waals surface area contributed by atoms with E-state index in [4.69, 9.17) is 0 Å². The van der Waals surface area contributed by atoms with Gasteiger partial charge in [-0.2, -0.15) is 0 Å². The summed E-state index contributed by atoms with van der Waals surface area (Å²) in [6, 6.07) is 0.573. The average Bonchev–Trinajstić information content (AvgIpc) is 3.31. The highest BCUT2D eigenvalue weighted by Crippen LogP contribution is 2.37. The summed E-state index contributed by atoms with van der Waals surface area (Å²) >= 11 is 0. The molecule has 1 saturated heterocycles. The molecule has 3 saturated carbocycles. The van der Waals surface area contributed by atoms with Gasteiger partial charge in [-0.05, 0) is 63.7 Å². The van der Waals surface area contributed by atoms with Gasteiger partial charge in [0.15, 0.2) is 0 Å². The lowest BCUT2D eigenvalue weighted by Crippen LogP contribution is -2.44. The number of imide groups is 1. The van der Waals surface area contributed by atoms with Crippen LogP contribution in [-0.4, -0.2) is 51.8 Å². The molecule has 150 valence electrons. The second-order valence-electron chi connectivity index (χ2n) is 9.23. The molecule has 1 N–H and O–H groups in total. The van der Waals surface area contributed by atoms with Gasteiger partial charge in [0, 0.05) is 25.0 Å². The van der Waals surface area contributed by atoms with Gasteiger partial charge in [-0.1, -0.05) is 19.8 Å². The zero-order valence-electron chi connectivity index (χ0n) is 16.5. The number of carbonyl (C=O) groups excluding carboxylic acids is 3. The predicted octanol–water partition coefficient (Wildman–Crippen LogP) is 3.20. The van der Waals surface area contributed by atoms with E-state index in [-0.39, 0.29) is 17.8 Å². The van der Waals surface area contributed by atoms with Crippen LogP contribution < -0.4 is 5.32 Å². The topological polar surface area (TPSA) is 69.7 Å². The molecule has 1 heterocycles. The van der Waals surface area contributed by atoms with E-state index in [1.807, 2.05) is 0 Å². The van der Waals surface area contributed by atoms with E-state index in [9.17, 15) is 14.4 Å². The van der Waals surface area contributed by atoms with Crippen LogP contribution in [0.5, 0.6) is 0 Å². The minimum absolute atomic E-state index is 0.0715. The first-order valence-electron chi connectivity index (χ1n) is 11.0. The van der Waals surface area contributed by atoms with Crippen molar-refractivity contribution in [2.75, 3.05) is 6.54 Å². The fraction of sp³-hybridized carbons (Fsp3) is 0.857. The molecule has 0 unspecified atom stereocenters. The fourth-order valence-electron chi connectivity index (χ4n) is 5.29. The molecule has 6 heteroatoms. The van der Waals surface area contributed by atoms with E-state index in [1.165, 1.54) is 17.7 Å². The Hall–Kier alpha value is -1.59. The minimum atomic E-state index is -0.639. The average molecular weight is 376 g/mol. The molecule has 0 aromatic rings. The van der Waals surface area contributed by atoms with Gasteiger partial charge < -0.3 is 10.2 Å². The first-order valence-corrected chi connectivity index (χ1v) is 11.0. The fourth-order valence-corrected chi connectivity index (χ4v) is 5.29. The molecule has 0 aromatic carbocycles. The Balaban J connectivity index is 1.29. The smallest absolute Gasteiger partial charge is 0.325 e. The summed E-state index contributed by atoms with van der Waals surface area (Å²) in [4.78, 5) is 41.4. The number of amides is 4. The van der Waals surface area contributed by atoms with E-state index in [1.54, 1.807) is 0 Å². The molecule has 0 bridgehead atoms. The van der Waals surface area contributed by atoms with Crippen LogP contribution in [-0.2, 0) is 9.59 Å². The van der Waals surface area contributed by atoms with Crippen molar-refractivity contribution in [3.8, 4) is 0 Å². The second kappa shape index (κ2) is 7.44. The maximum absolute atomic E-state index is 12.9. The van der Waals surface area contributed by atoms with E-state index in [0.717, 1.165) is 57.3 Å². The third kappa shape index (κ3) is 3.72. The van der Waals surface area contributed by atoms with Crippen LogP contribution in [0.4, 0.5) is 4.79 Å². The van der Waals surface area contributed by atoms with E-state index in [2.05, 4.69) is 17.1 Å². The normalized spacial score (nSPS) is 30.0. The van der Waals surface area contributed by atoms with Crippen molar-refractivity contribution in [3.63, 3.8) is 0 Å². The highest BCUT2D eigenvalue weighted by atomic mass is 16.2. The molecule has 0 radical (unpaired) electrons. The Morgan fingerprint density at radius 3 is 2.26 bits per heavy atom. The Kier molecular flexibility index (Phi) is 5.17. The molecule has 1 aliphatic heterocycles. The zero-order chi connectivity index (χ0) is 19.0. The van der Waals surface area contributed by atoms with Gasteiger partial charge in [-0.25, -0.2) is 4.79 Å². The van der Waals surface area contributed by atoms with Crippen molar-refractivity contribution >= 4 is 17.8 Å². The molecular formula is C21H33N3O3. The molecule has 1 spiro atoms. The third-order valence-electron chi connectivity index (χ3n) is 7.08. The van der Waals surface area contributed by atoms with Gasteiger partial charge in [0.1, 0.15) is 5.54 Å². The van der Waals surface area contributed by atoms with Crippen LogP contribution in [0.25, 0.3) is 0 Å². The summed E-state index contributed by atoms with van der Waals surface area (Å²) in [5.74, 6) is 0.928. The quantitative estimate of drug-likeness (QED) is 0.725. The third-order valence-corrected chi connectivity index (χ3v) is 7.08. The van der Waals surface area contributed by atoms with Crippen molar-refractivity contribution in [1.82, 2.24) is 15.1 Å². The maximum Gasteiger partial charge on any atom is 0.325 e. The molecule has 4 fully saturated rings. The number of hydrogen-bond donors (Lipinski definition) is 1. The summed E-state index contributed by atoms with van der Waals surface area (Å²) in [5.41, 5.74) is -0.639. The van der Waals surface area contributed by atoms with Crippen LogP contribution in [0.2, 0.25) is 0 Å². The lowest BCUT2D eigenvalue weighted by atomic mass is 9.86. The molecule has 4 aliphatic rings. The largest absolute Gasteiger partial charge is 0.337 e. The van der Waals surface area contributed by atoms with E-state index < -0.39 is 5.54 Å². The lowest BCUT2D eigenvalue weighted by Gasteiger charge is -2.36. The van der Waals surface area contributed by atoms with E-state index >= 15 is 0 Å². The summed E-state index contributed by atoms with van der Waals surface area (Å²) in [5, 5.41) is 2.92. The minimum Gasteiger partial charge on any atom is -0.337 e. The number of hydrogen-bond acceptors (Lipinski definition) is 3. The standard InChI is InChI=1S/C21H33N3O3/c1-15-6-8-16(9-7-15)24(17-10-11-17)18(25)5-4-14-23-19(26)21(22-20(23)27)12-2-3-13-21/h15-17H,2-14H2,1H3,(H,22,27). The molecule has 27 heavy (non-hydrogen) atoms. The highest BCUT2D eigenvalue weighted by Gasteiger charge is 2.52. The molecule has 3 aliphatic carbocycles. The summed E-state index contributed by atoms with van der Waals surface area (Å²) < 4.78 is 0. The first-order chi connectivity index (χ1) is 13.0. The number of urea groups is 1. The van der Waals surface area contributed by atoms with Crippen molar-refractivity contribution in [2.24, 2.45) is 5.92 Å². The molecule has 4 rings (SSSR count). The van der Waals surface area contributed by atoms with Crippen molar-refractivity contribution in [1.29, 1.82) is 0 Å². The molecule has 0 atom stereocenters. The van der Waals surface area contributed by atoms with Gasteiger partial charge >= 0.3 is 6.03 Å². The summed E-state index contributed by atoms with van der Waals surface area (Å²) in [6.07, 6.45) is 11.4. The molecular weight excluding hydrogens is 342 g/mol. The monoisotopic (exact) mass is 375 g/mol. The van der Waals surface area contributed by atoms with Crippen LogP contribution >= 0.6 is 0 Å². The Labute approximate surface area is 162 Å². The van der Waals surface area contributed by atoms with Crippen molar-refractivity contribution < 1.29 is 14.4 Å². The van der Waals surface area contributed by atoms with Gasteiger partial charge in [0.2, 0.25) is 5.91 Å². The SMILES string of the molecule is CC1CCC(N(C(=O)CCCN2C(=O)NC3(CCCC3)C2=O)C2CC2)CC1. The Morgan fingerprint density at radius 1 is 1.07 bits per heavy atom. The maximum atomic E-state index is 12.9. The summed E-state index contributed by atoms with van der Waals surface area (Å²) in [7, 11) is 0. The van der Waals surface area contributed by atoms with Crippen LogP contribution in [0.3, 0.4) is 0 Å². The van der Waals surface area contributed by atoms with Gasteiger partial charge in [-0.15, -0.1) is 0 Å². The summed E-state index contributed by atoms with van der Waals surface area (Å²) in [6.45, 7) is 2.66. The number of carbonyl (C=O) groups is 3. The number of rotatable bonds is 6. The van der Waals surface area contributed by atoms with Crippen LogP contribution in [0, 0.1) is 5.92 Å². The Morgan fingerprint density at radius 2 is 1.67 bits per heavy atom. The molecule has 6 nitrogen and oxygen atoms in total.